The van der Waals surface area contributed by atoms with Crippen LogP contribution < -0.4 is 0 Å². The SMILES string of the molecule is CSC1(C)C=CC=CC1. The van der Waals surface area contributed by atoms with E-state index in [1.807, 2.05) is 11.8 Å². The Morgan fingerprint density at radius 3 is 2.56 bits per heavy atom. The van der Waals surface area contributed by atoms with E-state index >= 15 is 0 Å². The summed E-state index contributed by atoms with van der Waals surface area (Å²) in [5.74, 6) is 0. The summed E-state index contributed by atoms with van der Waals surface area (Å²) in [6.07, 6.45) is 12.0. The van der Waals surface area contributed by atoms with E-state index in [9.17, 15) is 0 Å². The van der Waals surface area contributed by atoms with Crippen molar-refractivity contribution in [2.45, 2.75) is 18.1 Å². The van der Waals surface area contributed by atoms with Crippen molar-refractivity contribution in [2.75, 3.05) is 6.26 Å². The lowest BCUT2D eigenvalue weighted by Gasteiger charge is -2.23. The molecule has 1 aliphatic rings. The third kappa shape index (κ3) is 1.62. The number of allylic oxidation sites excluding steroid dienone is 3. The van der Waals surface area contributed by atoms with Crippen LogP contribution >= 0.6 is 11.8 Å². The van der Waals surface area contributed by atoms with Gasteiger partial charge in [0.1, 0.15) is 0 Å². The van der Waals surface area contributed by atoms with Gasteiger partial charge in [-0.05, 0) is 19.6 Å². The Labute approximate surface area is 61.0 Å². The first-order valence-electron chi connectivity index (χ1n) is 3.16. The molecule has 0 aromatic carbocycles. The zero-order valence-electron chi connectivity index (χ0n) is 5.92. The molecule has 0 spiro atoms. The molecule has 0 fully saturated rings. The molecule has 1 heteroatoms. The van der Waals surface area contributed by atoms with Gasteiger partial charge in [0.05, 0.1) is 0 Å². The second-order valence-corrected chi connectivity index (χ2v) is 3.85. The minimum Gasteiger partial charge on any atom is -0.154 e. The van der Waals surface area contributed by atoms with Crippen LogP contribution in [0.15, 0.2) is 24.3 Å². The number of rotatable bonds is 1. The van der Waals surface area contributed by atoms with Crippen molar-refractivity contribution >= 4 is 11.8 Å². The lowest BCUT2D eigenvalue weighted by Crippen LogP contribution is -2.15. The Morgan fingerprint density at radius 2 is 2.22 bits per heavy atom. The highest BCUT2D eigenvalue weighted by Crippen LogP contribution is 2.30. The third-order valence-corrected chi connectivity index (χ3v) is 2.92. The quantitative estimate of drug-likeness (QED) is 0.539. The molecule has 0 heterocycles. The zero-order valence-corrected chi connectivity index (χ0v) is 6.74. The smallest absolute Gasteiger partial charge is 0.0345 e. The predicted octanol–water partition coefficient (Wildman–Crippen LogP) is 2.62. The number of thioether (sulfide) groups is 1. The molecule has 0 nitrogen and oxygen atoms in total. The van der Waals surface area contributed by atoms with Crippen LogP contribution in [0.3, 0.4) is 0 Å². The minimum atomic E-state index is 0.370. The Kier molecular flexibility index (Phi) is 2.01. The topological polar surface area (TPSA) is 0 Å². The van der Waals surface area contributed by atoms with Gasteiger partial charge in [-0.25, -0.2) is 0 Å². The summed E-state index contributed by atoms with van der Waals surface area (Å²) in [5.41, 5.74) is 0. The van der Waals surface area contributed by atoms with Crippen LogP contribution in [0.5, 0.6) is 0 Å². The van der Waals surface area contributed by atoms with Crippen molar-refractivity contribution in [3.05, 3.63) is 24.3 Å². The van der Waals surface area contributed by atoms with E-state index in [4.69, 9.17) is 0 Å². The first-order valence-corrected chi connectivity index (χ1v) is 4.39. The first kappa shape index (κ1) is 6.94. The van der Waals surface area contributed by atoms with Crippen molar-refractivity contribution < 1.29 is 0 Å². The van der Waals surface area contributed by atoms with Gasteiger partial charge in [-0.2, -0.15) is 11.8 Å². The van der Waals surface area contributed by atoms with E-state index in [2.05, 4.69) is 37.5 Å². The first-order chi connectivity index (χ1) is 4.27. The summed E-state index contributed by atoms with van der Waals surface area (Å²) in [6, 6.07) is 0. The molecule has 1 atom stereocenters. The average molecular weight is 140 g/mol. The molecule has 50 valence electrons. The Morgan fingerprint density at radius 1 is 1.44 bits per heavy atom. The fourth-order valence-corrected chi connectivity index (χ4v) is 1.34. The van der Waals surface area contributed by atoms with Crippen LogP contribution in [-0.2, 0) is 0 Å². The summed E-state index contributed by atoms with van der Waals surface area (Å²) < 4.78 is 0.370. The van der Waals surface area contributed by atoms with Gasteiger partial charge in [0, 0.05) is 4.75 Å². The molecule has 0 aliphatic heterocycles. The van der Waals surface area contributed by atoms with Gasteiger partial charge in [0.15, 0.2) is 0 Å². The van der Waals surface area contributed by atoms with Gasteiger partial charge in [-0.1, -0.05) is 24.3 Å². The molecule has 9 heavy (non-hydrogen) atoms. The molecule has 0 saturated heterocycles. The highest BCUT2D eigenvalue weighted by Gasteiger charge is 2.17. The Balaban J connectivity index is 2.63. The summed E-state index contributed by atoms with van der Waals surface area (Å²) >= 11 is 1.91. The van der Waals surface area contributed by atoms with E-state index in [1.54, 1.807) is 0 Å². The fourth-order valence-electron chi connectivity index (χ4n) is 0.859. The third-order valence-electron chi connectivity index (χ3n) is 1.69. The molecular weight excluding hydrogens is 128 g/mol. The second kappa shape index (κ2) is 2.61. The fraction of sp³-hybridized carbons (Fsp3) is 0.500. The lowest BCUT2D eigenvalue weighted by atomic mass is 10.0. The predicted molar refractivity (Wildman–Crippen MR) is 44.8 cm³/mol. The molecule has 1 unspecified atom stereocenters. The van der Waals surface area contributed by atoms with Gasteiger partial charge in [-0.3, -0.25) is 0 Å². The number of hydrogen-bond donors (Lipinski definition) is 0. The average Bonchev–Trinajstić information content (AvgIpc) is 1.90. The van der Waals surface area contributed by atoms with Gasteiger partial charge in [0.25, 0.3) is 0 Å². The monoisotopic (exact) mass is 140 g/mol. The maximum absolute atomic E-state index is 2.26. The zero-order chi connectivity index (χ0) is 6.74. The molecule has 1 aliphatic carbocycles. The Hall–Kier alpha value is -0.170. The van der Waals surface area contributed by atoms with Crippen molar-refractivity contribution in [3.8, 4) is 0 Å². The van der Waals surface area contributed by atoms with E-state index in [-0.39, 0.29) is 0 Å². The molecule has 0 N–H and O–H groups in total. The van der Waals surface area contributed by atoms with E-state index in [0.29, 0.717) is 4.75 Å². The van der Waals surface area contributed by atoms with Crippen LogP contribution in [0.25, 0.3) is 0 Å². The molecule has 0 saturated carbocycles. The molecule has 1 rings (SSSR count). The summed E-state index contributed by atoms with van der Waals surface area (Å²) in [5, 5.41) is 0. The van der Waals surface area contributed by atoms with Crippen LogP contribution in [-0.4, -0.2) is 11.0 Å². The van der Waals surface area contributed by atoms with Crippen LogP contribution in [0, 0.1) is 0 Å². The van der Waals surface area contributed by atoms with Crippen molar-refractivity contribution in [1.82, 2.24) is 0 Å². The lowest BCUT2D eigenvalue weighted by molar-refractivity contribution is 0.800. The molecule has 0 radical (unpaired) electrons. The van der Waals surface area contributed by atoms with E-state index in [1.165, 1.54) is 6.42 Å². The standard InChI is InChI=1S/C8H12S/c1-8(9-2)6-4-3-5-7-8/h3-6H,7H2,1-2H3. The maximum atomic E-state index is 2.26. The van der Waals surface area contributed by atoms with Crippen LogP contribution in [0.1, 0.15) is 13.3 Å². The van der Waals surface area contributed by atoms with Gasteiger partial charge in [-0.15, -0.1) is 0 Å². The van der Waals surface area contributed by atoms with Crippen LogP contribution in [0.2, 0.25) is 0 Å². The number of hydrogen-bond acceptors (Lipinski definition) is 1. The second-order valence-electron chi connectivity index (χ2n) is 2.51. The van der Waals surface area contributed by atoms with Crippen molar-refractivity contribution in [2.24, 2.45) is 0 Å². The highest BCUT2D eigenvalue weighted by molar-refractivity contribution is 8.00. The summed E-state index contributed by atoms with van der Waals surface area (Å²) in [4.78, 5) is 0. The minimum absolute atomic E-state index is 0.370. The molecule has 0 bridgehead atoms. The maximum Gasteiger partial charge on any atom is 0.0345 e. The largest absolute Gasteiger partial charge is 0.154 e. The van der Waals surface area contributed by atoms with Gasteiger partial charge >= 0.3 is 0 Å². The summed E-state index contributed by atoms with van der Waals surface area (Å²) in [6.45, 7) is 2.26. The molecular formula is C8H12S. The van der Waals surface area contributed by atoms with Crippen molar-refractivity contribution in [1.29, 1.82) is 0 Å². The molecule has 0 amide bonds. The highest BCUT2D eigenvalue weighted by atomic mass is 32.2. The van der Waals surface area contributed by atoms with Gasteiger partial charge in [0.2, 0.25) is 0 Å². The Bertz CT molecular complexity index is 147. The summed E-state index contributed by atoms with van der Waals surface area (Å²) in [7, 11) is 0. The van der Waals surface area contributed by atoms with E-state index in [0.717, 1.165) is 0 Å². The van der Waals surface area contributed by atoms with Gasteiger partial charge < -0.3 is 0 Å². The van der Waals surface area contributed by atoms with Crippen molar-refractivity contribution in [3.63, 3.8) is 0 Å². The molecule has 0 aromatic rings. The normalized spacial score (nSPS) is 33.1. The molecule has 0 aromatic heterocycles. The van der Waals surface area contributed by atoms with Crippen LogP contribution in [0.4, 0.5) is 0 Å². The van der Waals surface area contributed by atoms with E-state index < -0.39 is 0 Å².